The summed E-state index contributed by atoms with van der Waals surface area (Å²) in [5.74, 6) is -0.390. The Morgan fingerprint density at radius 1 is 1.22 bits per heavy atom. The van der Waals surface area contributed by atoms with Crippen LogP contribution in [0.4, 0.5) is 4.39 Å². The van der Waals surface area contributed by atoms with E-state index in [1.54, 1.807) is 19.2 Å². The Hall–Kier alpha value is -0.730. The normalized spacial score (nSPS) is 21.0. The number of rotatable bonds is 7. The molecule has 8 heteroatoms. The van der Waals surface area contributed by atoms with Crippen LogP contribution < -0.4 is 4.72 Å². The summed E-state index contributed by atoms with van der Waals surface area (Å²) in [6.07, 6.45) is 7.13. The number of likely N-dealkylation sites (tertiary alicyclic amines) is 1. The van der Waals surface area contributed by atoms with E-state index in [4.69, 9.17) is 11.6 Å². The van der Waals surface area contributed by atoms with Gasteiger partial charge in [-0.05, 0) is 50.9 Å². The number of nitrogens with zero attached hydrogens (tertiary/aromatic N) is 2. The Balaban J connectivity index is 1.76. The first-order valence-electron chi connectivity index (χ1n) is 9.81. The van der Waals surface area contributed by atoms with E-state index in [1.165, 1.54) is 16.8 Å². The van der Waals surface area contributed by atoms with Gasteiger partial charge >= 0.3 is 0 Å². The van der Waals surface area contributed by atoms with Gasteiger partial charge in [0, 0.05) is 30.2 Å². The summed E-state index contributed by atoms with van der Waals surface area (Å²) in [5.41, 5.74) is 0.379. The molecule has 1 N–H and O–H groups in total. The molecule has 27 heavy (non-hydrogen) atoms. The van der Waals surface area contributed by atoms with Crippen molar-refractivity contribution in [1.29, 1.82) is 0 Å². The monoisotopic (exact) mass is 417 g/mol. The zero-order valence-electron chi connectivity index (χ0n) is 15.8. The number of hydrogen-bond acceptors (Lipinski definition) is 3. The van der Waals surface area contributed by atoms with Gasteiger partial charge in [-0.25, -0.2) is 9.11 Å². The van der Waals surface area contributed by atoms with Crippen molar-refractivity contribution in [3.8, 4) is 0 Å². The van der Waals surface area contributed by atoms with Crippen molar-refractivity contribution in [3.63, 3.8) is 0 Å². The van der Waals surface area contributed by atoms with E-state index in [9.17, 15) is 12.8 Å². The summed E-state index contributed by atoms with van der Waals surface area (Å²) >= 11 is 6.28. The van der Waals surface area contributed by atoms with E-state index in [2.05, 4.69) is 9.62 Å². The summed E-state index contributed by atoms with van der Waals surface area (Å²) < 4.78 is 44.3. The standard InChI is InChI=1S/C19H29ClFN3O2S/c1-23(15-8-3-2-4-9-15)27(25,26)22-14-18(24-12-5-6-13-24)19-16(20)10-7-11-17(19)21/h7,10-11,15,18,22H,2-6,8-9,12-14H2,1H3. The Morgan fingerprint density at radius 3 is 2.52 bits per heavy atom. The predicted molar refractivity (Wildman–Crippen MR) is 107 cm³/mol. The summed E-state index contributed by atoms with van der Waals surface area (Å²) in [4.78, 5) is 2.12. The zero-order valence-corrected chi connectivity index (χ0v) is 17.4. The fourth-order valence-electron chi connectivity index (χ4n) is 4.22. The maximum absolute atomic E-state index is 14.5. The minimum absolute atomic E-state index is 0.0403. The highest BCUT2D eigenvalue weighted by Crippen LogP contribution is 2.32. The van der Waals surface area contributed by atoms with Crippen LogP contribution >= 0.6 is 11.6 Å². The summed E-state index contributed by atoms with van der Waals surface area (Å²) in [6, 6.07) is 4.25. The molecule has 0 spiro atoms. The predicted octanol–water partition coefficient (Wildman–Crippen LogP) is 3.71. The Kier molecular flexibility index (Phi) is 7.14. The topological polar surface area (TPSA) is 52.7 Å². The molecule has 1 atom stereocenters. The number of nitrogens with one attached hydrogen (secondary N) is 1. The Labute approximate surface area is 167 Å². The molecule has 3 rings (SSSR count). The molecule has 1 heterocycles. The molecule has 1 aliphatic carbocycles. The number of benzene rings is 1. The van der Waals surface area contributed by atoms with Gasteiger partial charge in [0.15, 0.2) is 0 Å². The SMILES string of the molecule is CN(C1CCCCC1)S(=O)(=O)NCC(c1c(F)cccc1Cl)N1CCCC1. The average Bonchev–Trinajstić information content (AvgIpc) is 3.18. The van der Waals surface area contributed by atoms with Crippen LogP contribution in [0.3, 0.4) is 0 Å². The first kappa shape index (κ1) is 21.0. The van der Waals surface area contributed by atoms with Gasteiger partial charge in [-0.3, -0.25) is 4.90 Å². The molecule has 2 fully saturated rings. The van der Waals surface area contributed by atoms with Crippen LogP contribution in [0.25, 0.3) is 0 Å². The van der Waals surface area contributed by atoms with Crippen LogP contribution in [0, 0.1) is 5.82 Å². The van der Waals surface area contributed by atoms with Gasteiger partial charge < -0.3 is 0 Å². The van der Waals surface area contributed by atoms with Crippen molar-refractivity contribution < 1.29 is 12.8 Å². The lowest BCUT2D eigenvalue weighted by Crippen LogP contribution is -2.47. The van der Waals surface area contributed by atoms with Crippen molar-refractivity contribution in [2.24, 2.45) is 0 Å². The number of hydrogen-bond donors (Lipinski definition) is 1. The van der Waals surface area contributed by atoms with E-state index in [0.717, 1.165) is 51.6 Å². The molecule has 1 aromatic rings. The molecule has 0 amide bonds. The fraction of sp³-hybridized carbons (Fsp3) is 0.684. The van der Waals surface area contributed by atoms with Crippen molar-refractivity contribution in [2.45, 2.75) is 57.0 Å². The summed E-state index contributed by atoms with van der Waals surface area (Å²) in [6.45, 7) is 1.74. The van der Waals surface area contributed by atoms with E-state index in [-0.39, 0.29) is 18.4 Å². The molecule has 1 aliphatic heterocycles. The van der Waals surface area contributed by atoms with Crippen LogP contribution in [-0.2, 0) is 10.2 Å². The highest BCUT2D eigenvalue weighted by Gasteiger charge is 2.32. The quantitative estimate of drug-likeness (QED) is 0.735. The fourth-order valence-corrected chi connectivity index (χ4v) is 5.69. The molecule has 1 saturated heterocycles. The van der Waals surface area contributed by atoms with Crippen molar-refractivity contribution in [1.82, 2.24) is 13.9 Å². The first-order chi connectivity index (χ1) is 12.9. The first-order valence-corrected chi connectivity index (χ1v) is 11.6. The molecular weight excluding hydrogens is 389 g/mol. The van der Waals surface area contributed by atoms with E-state index < -0.39 is 16.3 Å². The van der Waals surface area contributed by atoms with Crippen molar-refractivity contribution >= 4 is 21.8 Å². The van der Waals surface area contributed by atoms with E-state index in [0.29, 0.717) is 10.6 Å². The van der Waals surface area contributed by atoms with Gasteiger partial charge in [-0.2, -0.15) is 12.7 Å². The molecule has 5 nitrogen and oxygen atoms in total. The smallest absolute Gasteiger partial charge is 0.279 e. The molecule has 0 radical (unpaired) electrons. The lowest BCUT2D eigenvalue weighted by atomic mass is 9.96. The zero-order chi connectivity index (χ0) is 19.4. The van der Waals surface area contributed by atoms with E-state index in [1.807, 2.05) is 0 Å². The maximum Gasteiger partial charge on any atom is 0.279 e. The minimum Gasteiger partial charge on any atom is -0.295 e. The van der Waals surface area contributed by atoms with Gasteiger partial charge in [0.25, 0.3) is 10.2 Å². The molecule has 0 aromatic heterocycles. The van der Waals surface area contributed by atoms with Crippen molar-refractivity contribution in [3.05, 3.63) is 34.6 Å². The lowest BCUT2D eigenvalue weighted by molar-refractivity contribution is 0.237. The van der Waals surface area contributed by atoms with Crippen LogP contribution in [-0.4, -0.2) is 50.3 Å². The van der Waals surface area contributed by atoms with Gasteiger partial charge in [0.05, 0.1) is 6.04 Å². The van der Waals surface area contributed by atoms with Gasteiger partial charge in [0.1, 0.15) is 5.82 Å². The Bertz CT molecular complexity index is 714. The van der Waals surface area contributed by atoms with Crippen LogP contribution in [0.5, 0.6) is 0 Å². The molecule has 1 saturated carbocycles. The largest absolute Gasteiger partial charge is 0.295 e. The van der Waals surface area contributed by atoms with E-state index >= 15 is 0 Å². The lowest BCUT2D eigenvalue weighted by Gasteiger charge is -2.33. The molecule has 1 unspecified atom stereocenters. The van der Waals surface area contributed by atoms with Crippen molar-refractivity contribution in [2.75, 3.05) is 26.7 Å². The number of halogens is 2. The average molecular weight is 418 g/mol. The van der Waals surface area contributed by atoms with Crippen LogP contribution in [0.1, 0.15) is 56.6 Å². The van der Waals surface area contributed by atoms with Gasteiger partial charge in [0.2, 0.25) is 0 Å². The summed E-state index contributed by atoms with van der Waals surface area (Å²) in [5, 5.41) is 0.340. The second-order valence-electron chi connectivity index (χ2n) is 7.56. The molecular formula is C19H29ClFN3O2S. The van der Waals surface area contributed by atoms with Crippen LogP contribution in [0.2, 0.25) is 5.02 Å². The highest BCUT2D eigenvalue weighted by molar-refractivity contribution is 7.87. The molecule has 152 valence electrons. The van der Waals surface area contributed by atoms with Crippen LogP contribution in [0.15, 0.2) is 18.2 Å². The summed E-state index contributed by atoms with van der Waals surface area (Å²) in [7, 11) is -1.99. The van der Waals surface area contributed by atoms with Gasteiger partial charge in [-0.15, -0.1) is 0 Å². The molecule has 1 aromatic carbocycles. The third kappa shape index (κ3) is 5.01. The second-order valence-corrected chi connectivity index (χ2v) is 9.78. The minimum atomic E-state index is -3.63. The molecule has 0 bridgehead atoms. The van der Waals surface area contributed by atoms with Gasteiger partial charge in [-0.1, -0.05) is 36.9 Å². The third-order valence-electron chi connectivity index (χ3n) is 5.84. The second kappa shape index (κ2) is 9.18. The third-order valence-corrected chi connectivity index (χ3v) is 7.76. The maximum atomic E-state index is 14.5. The molecule has 2 aliphatic rings. The Morgan fingerprint density at radius 2 is 1.89 bits per heavy atom. The highest BCUT2D eigenvalue weighted by atomic mass is 35.5.